The van der Waals surface area contributed by atoms with Gasteiger partial charge in [-0.05, 0) is 111 Å². The molecule has 224 valence electrons. The summed E-state index contributed by atoms with van der Waals surface area (Å²) >= 11 is 0. The summed E-state index contributed by atoms with van der Waals surface area (Å²) in [6.45, 7) is 14.3. The Bertz CT molecular complexity index is 1350. The van der Waals surface area contributed by atoms with Crippen LogP contribution in [0.1, 0.15) is 96.1 Å². The van der Waals surface area contributed by atoms with Crippen LogP contribution in [0.15, 0.2) is 42.0 Å². The van der Waals surface area contributed by atoms with Crippen molar-refractivity contribution in [3.63, 3.8) is 0 Å². The predicted molar refractivity (Wildman–Crippen MR) is 172 cm³/mol. The van der Waals surface area contributed by atoms with Crippen LogP contribution in [0.5, 0.6) is 11.5 Å². The lowest BCUT2D eigenvalue weighted by Gasteiger charge is -2.42. The van der Waals surface area contributed by atoms with E-state index in [-0.39, 0.29) is 5.97 Å². The number of hydrogen-bond acceptors (Lipinski definition) is 5. The molecule has 1 fully saturated rings. The zero-order valence-electron chi connectivity index (χ0n) is 26.1. The number of fused-ring (bicyclic) bond motifs is 2. The van der Waals surface area contributed by atoms with Crippen LogP contribution in [-0.4, -0.2) is 60.6 Å². The summed E-state index contributed by atoms with van der Waals surface area (Å²) in [6.07, 6.45) is 13.9. The van der Waals surface area contributed by atoms with Gasteiger partial charge < -0.3 is 14.4 Å². The summed E-state index contributed by atoms with van der Waals surface area (Å²) < 4.78 is 13.1. The van der Waals surface area contributed by atoms with Crippen LogP contribution in [0.3, 0.4) is 0 Å². The molecule has 1 atom stereocenters. The minimum atomic E-state index is -0.450. The Morgan fingerprint density at radius 1 is 1.12 bits per heavy atom. The fraction of sp³-hybridized carbons (Fsp3) is 0.541. The maximum absolute atomic E-state index is 13.4. The Hall–Kier alpha value is -3.07. The Labute approximate surface area is 253 Å². The van der Waals surface area contributed by atoms with Gasteiger partial charge in [-0.1, -0.05) is 56.9 Å². The molecule has 0 bridgehead atoms. The molecule has 0 aliphatic carbocycles. The van der Waals surface area contributed by atoms with Gasteiger partial charge >= 0.3 is 5.97 Å². The first kappa shape index (κ1) is 30.4. The number of benzene rings is 2. The Morgan fingerprint density at radius 3 is 2.67 bits per heavy atom. The quantitative estimate of drug-likeness (QED) is 0.167. The molecule has 0 amide bonds. The minimum Gasteiger partial charge on any atom is -0.483 e. The summed E-state index contributed by atoms with van der Waals surface area (Å²) in [7, 11) is 0. The topological polar surface area (TPSA) is 42.0 Å². The molecule has 0 spiro atoms. The lowest BCUT2D eigenvalue weighted by Crippen LogP contribution is -2.42. The summed E-state index contributed by atoms with van der Waals surface area (Å²) in [4.78, 5) is 18.1. The van der Waals surface area contributed by atoms with Crippen molar-refractivity contribution in [1.82, 2.24) is 9.80 Å². The molecule has 0 radical (unpaired) electrons. The molecule has 3 aliphatic rings. The van der Waals surface area contributed by atoms with Crippen LogP contribution in [-0.2, 0) is 4.79 Å². The molecule has 0 saturated carbocycles. The molecule has 2 aromatic carbocycles. The highest BCUT2D eigenvalue weighted by Gasteiger charge is 2.39. The highest BCUT2D eigenvalue weighted by Crippen LogP contribution is 2.50. The fourth-order valence-electron chi connectivity index (χ4n) is 7.10. The van der Waals surface area contributed by atoms with Gasteiger partial charge in [0.05, 0.1) is 12.1 Å². The van der Waals surface area contributed by atoms with Gasteiger partial charge in [0.2, 0.25) is 0 Å². The molecule has 2 aromatic rings. The first-order valence-corrected chi connectivity index (χ1v) is 16.1. The number of esters is 1. The molecule has 3 aliphatic heterocycles. The molecule has 0 N–H and O–H groups in total. The van der Waals surface area contributed by atoms with Gasteiger partial charge in [0, 0.05) is 19.5 Å². The molecular weight excluding hydrogens is 520 g/mol. The minimum absolute atomic E-state index is 0.178. The second-order valence-electron chi connectivity index (χ2n) is 12.8. The third-order valence-electron chi connectivity index (χ3n) is 9.25. The fourth-order valence-corrected chi connectivity index (χ4v) is 7.10. The second kappa shape index (κ2) is 13.5. The Morgan fingerprint density at radius 2 is 1.90 bits per heavy atom. The largest absolute Gasteiger partial charge is 0.483 e. The van der Waals surface area contributed by atoms with Gasteiger partial charge in [0.25, 0.3) is 0 Å². The number of carbonyl (C=O) groups is 1. The number of terminal acetylenes is 1. The van der Waals surface area contributed by atoms with Crippen LogP contribution in [0.25, 0.3) is 16.7 Å². The van der Waals surface area contributed by atoms with E-state index in [9.17, 15) is 4.79 Å². The molecule has 0 aromatic heterocycles. The number of likely N-dealkylation sites (tertiary alicyclic amines) is 1. The molecule has 5 rings (SSSR count). The zero-order valence-corrected chi connectivity index (χ0v) is 26.1. The van der Waals surface area contributed by atoms with Crippen molar-refractivity contribution in [2.75, 3.05) is 39.3 Å². The van der Waals surface area contributed by atoms with Crippen molar-refractivity contribution >= 4 is 11.5 Å². The molecule has 1 unspecified atom stereocenters. The number of carbonyl (C=O) groups excluding carboxylic acids is 1. The van der Waals surface area contributed by atoms with Gasteiger partial charge in [-0.3, -0.25) is 9.69 Å². The van der Waals surface area contributed by atoms with Gasteiger partial charge in [0.15, 0.2) is 0 Å². The van der Waals surface area contributed by atoms with Gasteiger partial charge in [-0.2, -0.15) is 0 Å². The highest BCUT2D eigenvalue weighted by molar-refractivity contribution is 5.87. The lowest BCUT2D eigenvalue weighted by molar-refractivity contribution is -0.134. The smallest absolute Gasteiger partial charge is 0.311 e. The zero-order chi connectivity index (χ0) is 29.7. The highest BCUT2D eigenvalue weighted by atomic mass is 16.5. The number of rotatable bonds is 10. The van der Waals surface area contributed by atoms with E-state index in [1.165, 1.54) is 41.5 Å². The molecule has 42 heavy (non-hydrogen) atoms. The van der Waals surface area contributed by atoms with Crippen molar-refractivity contribution < 1.29 is 14.3 Å². The third kappa shape index (κ3) is 6.77. The van der Waals surface area contributed by atoms with Gasteiger partial charge in [0.1, 0.15) is 17.1 Å². The second-order valence-corrected chi connectivity index (χ2v) is 12.8. The monoisotopic (exact) mass is 568 g/mol. The molecule has 5 heteroatoms. The van der Waals surface area contributed by atoms with Gasteiger partial charge in [-0.25, -0.2) is 0 Å². The third-order valence-corrected chi connectivity index (χ3v) is 9.25. The van der Waals surface area contributed by atoms with E-state index in [2.05, 4.69) is 79.8 Å². The summed E-state index contributed by atoms with van der Waals surface area (Å²) in [5.74, 6) is 4.45. The maximum Gasteiger partial charge on any atom is 0.311 e. The lowest BCUT2D eigenvalue weighted by atomic mass is 9.80. The summed E-state index contributed by atoms with van der Waals surface area (Å²) in [6, 6.07) is 12.9. The molecular formula is C37H48N2O3. The molecule has 5 nitrogen and oxygen atoms in total. The van der Waals surface area contributed by atoms with Crippen LogP contribution < -0.4 is 9.47 Å². The molecule has 1 saturated heterocycles. The number of hydrogen-bond donors (Lipinski definition) is 0. The van der Waals surface area contributed by atoms with Crippen molar-refractivity contribution in [2.45, 2.75) is 90.6 Å². The maximum atomic E-state index is 13.4. The Kier molecular flexibility index (Phi) is 9.76. The van der Waals surface area contributed by atoms with Crippen molar-refractivity contribution in [3.8, 4) is 35.0 Å². The standard InChI is InChI=1S/C37H48N2O3/c1-6-14-27(3)29-15-9-10-16-30(29)28-24-33(41-35(40)17-13-22-38-20-11-8-12-21-38)36-31-26-39(19-7-2)23-18-32(31)37(4,5)42-34(36)25-28/h2,9-10,15-16,24-25,27H,6,8,11-14,17-23,26H2,1,3-5H3. The van der Waals surface area contributed by atoms with Crippen molar-refractivity contribution in [2.24, 2.45) is 0 Å². The number of piperidine rings is 1. The van der Waals surface area contributed by atoms with Crippen LogP contribution >= 0.6 is 0 Å². The summed E-state index contributed by atoms with van der Waals surface area (Å²) in [5.41, 5.74) is 6.44. The molecule has 3 heterocycles. The van der Waals surface area contributed by atoms with E-state index < -0.39 is 5.60 Å². The van der Waals surface area contributed by atoms with E-state index >= 15 is 0 Å². The van der Waals surface area contributed by atoms with Crippen LogP contribution in [0, 0.1) is 12.3 Å². The van der Waals surface area contributed by atoms with Gasteiger partial charge in [-0.15, -0.1) is 6.42 Å². The number of nitrogens with zero attached hydrogens (tertiary/aromatic N) is 2. The number of ether oxygens (including phenoxy) is 2. The van der Waals surface area contributed by atoms with E-state index in [1.807, 2.05) is 0 Å². The SMILES string of the molecule is C#CCN1CCC2=C(C1)c1c(OC(=O)CCCN3CCCCC3)cc(-c3ccccc3C(C)CCC)cc1OC2(C)C. The van der Waals surface area contributed by atoms with E-state index in [1.54, 1.807) is 0 Å². The van der Waals surface area contributed by atoms with Crippen molar-refractivity contribution in [1.29, 1.82) is 0 Å². The van der Waals surface area contributed by atoms with E-state index in [0.29, 0.717) is 24.6 Å². The predicted octanol–water partition coefficient (Wildman–Crippen LogP) is 7.69. The normalized spacial score (nSPS) is 19.3. The first-order chi connectivity index (χ1) is 20.3. The van der Waals surface area contributed by atoms with Crippen LogP contribution in [0.4, 0.5) is 0 Å². The van der Waals surface area contributed by atoms with Crippen molar-refractivity contribution in [3.05, 3.63) is 53.1 Å². The first-order valence-electron chi connectivity index (χ1n) is 16.1. The Balaban J connectivity index is 1.52. The average molecular weight is 569 g/mol. The summed E-state index contributed by atoms with van der Waals surface area (Å²) in [5, 5.41) is 0. The van der Waals surface area contributed by atoms with E-state index in [4.69, 9.17) is 15.9 Å². The van der Waals surface area contributed by atoms with Crippen LogP contribution in [0.2, 0.25) is 0 Å². The van der Waals surface area contributed by atoms with E-state index in [0.717, 1.165) is 75.3 Å². The average Bonchev–Trinajstić information content (AvgIpc) is 2.97.